The first-order chi connectivity index (χ1) is 28.3. The molecule has 0 amide bonds. The molecule has 12 aromatic rings. The number of aromatic nitrogens is 4. The van der Waals surface area contributed by atoms with Crippen LogP contribution in [0.1, 0.15) is 0 Å². The molecule has 266 valence electrons. The molecule has 0 saturated heterocycles. The Hall–Kier alpha value is -7.83. The summed E-state index contributed by atoms with van der Waals surface area (Å²) in [5.41, 5.74) is 11.1. The lowest BCUT2D eigenvalue weighted by molar-refractivity contribution is 0.667. The molecule has 0 atom stereocenters. The molecular weight excluding hydrogens is 701 g/mol. The van der Waals surface area contributed by atoms with Gasteiger partial charge in [0.25, 0.3) is 0 Å². The predicted octanol–water partition coefficient (Wildman–Crippen LogP) is 13.4. The van der Waals surface area contributed by atoms with E-state index in [2.05, 4.69) is 108 Å². The van der Waals surface area contributed by atoms with Gasteiger partial charge in [0.05, 0.1) is 22.1 Å². The highest BCUT2D eigenvalue weighted by Crippen LogP contribution is 2.46. The summed E-state index contributed by atoms with van der Waals surface area (Å²) >= 11 is 0. The molecule has 0 aliphatic rings. The van der Waals surface area contributed by atoms with Gasteiger partial charge in [-0.1, -0.05) is 140 Å². The Morgan fingerprint density at radius 2 is 0.930 bits per heavy atom. The van der Waals surface area contributed by atoms with Gasteiger partial charge in [-0.3, -0.25) is 0 Å². The molecular formula is C51H30N4O2. The van der Waals surface area contributed by atoms with Crippen molar-refractivity contribution in [2.24, 2.45) is 0 Å². The van der Waals surface area contributed by atoms with Crippen LogP contribution in [0.15, 0.2) is 191 Å². The van der Waals surface area contributed by atoms with Crippen LogP contribution in [0.3, 0.4) is 0 Å². The summed E-state index contributed by atoms with van der Waals surface area (Å²) in [4.78, 5) is 15.3. The third-order valence-electron chi connectivity index (χ3n) is 11.1. The zero-order chi connectivity index (χ0) is 37.5. The number of furan rings is 2. The van der Waals surface area contributed by atoms with Gasteiger partial charge in [-0.05, 0) is 48.0 Å². The summed E-state index contributed by atoms with van der Waals surface area (Å²) in [6.07, 6.45) is 0. The first-order valence-corrected chi connectivity index (χ1v) is 19.0. The molecule has 0 bridgehead atoms. The molecule has 0 aliphatic heterocycles. The van der Waals surface area contributed by atoms with Crippen molar-refractivity contribution in [3.63, 3.8) is 0 Å². The lowest BCUT2D eigenvalue weighted by Crippen LogP contribution is -2.00. The molecule has 57 heavy (non-hydrogen) atoms. The van der Waals surface area contributed by atoms with E-state index in [4.69, 9.17) is 23.8 Å². The van der Waals surface area contributed by atoms with E-state index < -0.39 is 0 Å². The number of benzene rings is 8. The SMILES string of the molecule is c1ccc(-c2nc(-c3ccccc3)nc(-c3ccc(-c4ccccc4)c4oc5c(-n6c7ccccc7c7c8oc9ccccc9c8ccc76)cccc5c34)n2)cc1. The second-order valence-corrected chi connectivity index (χ2v) is 14.3. The van der Waals surface area contributed by atoms with E-state index in [0.29, 0.717) is 17.5 Å². The summed E-state index contributed by atoms with van der Waals surface area (Å²) in [6.45, 7) is 0. The Bertz CT molecular complexity index is 3450. The van der Waals surface area contributed by atoms with Crippen molar-refractivity contribution < 1.29 is 8.83 Å². The maximum atomic E-state index is 7.20. The molecule has 0 spiro atoms. The van der Waals surface area contributed by atoms with Crippen molar-refractivity contribution in [2.75, 3.05) is 0 Å². The van der Waals surface area contributed by atoms with Gasteiger partial charge in [0, 0.05) is 49.2 Å². The highest BCUT2D eigenvalue weighted by Gasteiger charge is 2.25. The van der Waals surface area contributed by atoms with Crippen LogP contribution in [0.4, 0.5) is 0 Å². The standard InChI is InChI=1S/C51H30N4O2/c1-4-15-31(16-5-1)34-27-28-39(51-53-49(32-17-6-2-7-18-32)52-50(54-51)33-19-8-3-9-20-33)44-38-23-14-25-42(46(38)57-47(34)44)55-40-24-12-10-22-37(40)45-41(55)30-29-36-35-21-11-13-26-43(35)56-48(36)45/h1-30H. The van der Waals surface area contributed by atoms with Crippen LogP contribution in [0.2, 0.25) is 0 Å². The topological polar surface area (TPSA) is 69.9 Å². The molecule has 4 aromatic heterocycles. The van der Waals surface area contributed by atoms with Gasteiger partial charge in [-0.15, -0.1) is 0 Å². The minimum Gasteiger partial charge on any atom is -0.455 e. The number of rotatable bonds is 5. The average Bonchev–Trinajstić information content (AvgIpc) is 3.97. The molecule has 0 fully saturated rings. The number of hydrogen-bond donors (Lipinski definition) is 0. The van der Waals surface area contributed by atoms with Gasteiger partial charge < -0.3 is 13.4 Å². The van der Waals surface area contributed by atoms with Crippen LogP contribution in [0.5, 0.6) is 0 Å². The number of fused-ring (bicyclic) bond motifs is 10. The van der Waals surface area contributed by atoms with Crippen LogP contribution in [-0.2, 0) is 0 Å². The van der Waals surface area contributed by atoms with Crippen molar-refractivity contribution in [3.8, 4) is 51.0 Å². The molecule has 4 heterocycles. The predicted molar refractivity (Wildman–Crippen MR) is 230 cm³/mol. The Morgan fingerprint density at radius 1 is 0.333 bits per heavy atom. The third-order valence-corrected chi connectivity index (χ3v) is 11.1. The van der Waals surface area contributed by atoms with E-state index in [0.717, 1.165) is 99.2 Å². The van der Waals surface area contributed by atoms with Crippen LogP contribution in [0.25, 0.3) is 117 Å². The van der Waals surface area contributed by atoms with E-state index in [1.807, 2.05) is 78.9 Å². The molecule has 12 rings (SSSR count). The van der Waals surface area contributed by atoms with Crippen LogP contribution in [0, 0.1) is 0 Å². The second-order valence-electron chi connectivity index (χ2n) is 14.3. The molecule has 6 nitrogen and oxygen atoms in total. The fourth-order valence-electron chi connectivity index (χ4n) is 8.52. The number of hydrogen-bond acceptors (Lipinski definition) is 5. The molecule has 8 aromatic carbocycles. The minimum atomic E-state index is 0.574. The van der Waals surface area contributed by atoms with Gasteiger partial charge in [-0.2, -0.15) is 0 Å². The van der Waals surface area contributed by atoms with Gasteiger partial charge in [0.1, 0.15) is 16.7 Å². The maximum absolute atomic E-state index is 7.20. The van der Waals surface area contributed by atoms with Crippen LogP contribution in [-0.4, -0.2) is 19.5 Å². The summed E-state index contributed by atoms with van der Waals surface area (Å²) in [5.74, 6) is 1.79. The van der Waals surface area contributed by atoms with E-state index in [1.165, 1.54) is 0 Å². The van der Waals surface area contributed by atoms with Crippen molar-refractivity contribution in [2.45, 2.75) is 0 Å². The molecule has 0 aliphatic carbocycles. The largest absolute Gasteiger partial charge is 0.455 e. The van der Waals surface area contributed by atoms with Gasteiger partial charge in [-0.25, -0.2) is 15.0 Å². The number of nitrogens with zero attached hydrogens (tertiary/aromatic N) is 4. The lowest BCUT2D eigenvalue weighted by Gasteiger charge is -2.11. The van der Waals surface area contributed by atoms with Gasteiger partial charge in [0.15, 0.2) is 23.1 Å². The van der Waals surface area contributed by atoms with E-state index in [1.54, 1.807) is 0 Å². The summed E-state index contributed by atoms with van der Waals surface area (Å²) in [6, 6.07) is 62.4. The molecule has 0 radical (unpaired) electrons. The molecule has 0 saturated carbocycles. The minimum absolute atomic E-state index is 0.574. The monoisotopic (exact) mass is 730 g/mol. The van der Waals surface area contributed by atoms with Gasteiger partial charge in [0.2, 0.25) is 0 Å². The van der Waals surface area contributed by atoms with Crippen LogP contribution >= 0.6 is 0 Å². The summed E-state index contributed by atoms with van der Waals surface area (Å²) in [5, 5.41) is 6.30. The highest BCUT2D eigenvalue weighted by atomic mass is 16.3. The molecule has 6 heteroatoms. The summed E-state index contributed by atoms with van der Waals surface area (Å²) in [7, 11) is 0. The maximum Gasteiger partial charge on any atom is 0.164 e. The molecule has 0 unspecified atom stereocenters. The van der Waals surface area contributed by atoms with E-state index in [-0.39, 0.29) is 0 Å². The highest BCUT2D eigenvalue weighted by molar-refractivity contribution is 6.25. The molecule has 0 N–H and O–H groups in total. The Kier molecular flexibility index (Phi) is 6.83. The van der Waals surface area contributed by atoms with Crippen molar-refractivity contribution in [3.05, 3.63) is 182 Å². The second kappa shape index (κ2) is 12.3. The van der Waals surface area contributed by atoms with E-state index in [9.17, 15) is 0 Å². The summed E-state index contributed by atoms with van der Waals surface area (Å²) < 4.78 is 16.1. The number of para-hydroxylation sites is 3. The third kappa shape index (κ3) is 4.81. The Labute approximate surface area is 325 Å². The first-order valence-electron chi connectivity index (χ1n) is 19.0. The zero-order valence-corrected chi connectivity index (χ0v) is 30.4. The first kappa shape index (κ1) is 31.5. The Morgan fingerprint density at radius 3 is 1.67 bits per heavy atom. The fourth-order valence-corrected chi connectivity index (χ4v) is 8.52. The normalized spacial score (nSPS) is 11.9. The zero-order valence-electron chi connectivity index (χ0n) is 30.4. The van der Waals surface area contributed by atoms with Crippen LogP contribution < -0.4 is 0 Å². The van der Waals surface area contributed by atoms with Crippen molar-refractivity contribution in [1.29, 1.82) is 0 Å². The fraction of sp³-hybridized carbons (Fsp3) is 0. The Balaban J connectivity index is 1.17. The smallest absolute Gasteiger partial charge is 0.164 e. The lowest BCUT2D eigenvalue weighted by atomic mass is 9.98. The van der Waals surface area contributed by atoms with Crippen molar-refractivity contribution in [1.82, 2.24) is 19.5 Å². The van der Waals surface area contributed by atoms with Gasteiger partial charge >= 0.3 is 0 Å². The average molecular weight is 731 g/mol. The quantitative estimate of drug-likeness (QED) is 0.176. The van der Waals surface area contributed by atoms with Crippen molar-refractivity contribution >= 4 is 65.7 Å². The van der Waals surface area contributed by atoms with E-state index >= 15 is 0 Å².